The Balaban J connectivity index is 2.05. The maximum Gasteiger partial charge on any atom is 0.256 e. The molecule has 1 atom stereocenters. The van der Waals surface area contributed by atoms with Crippen molar-refractivity contribution in [1.29, 1.82) is 0 Å². The third-order valence-corrected chi connectivity index (χ3v) is 4.70. The van der Waals surface area contributed by atoms with Gasteiger partial charge in [0.05, 0.1) is 0 Å². The van der Waals surface area contributed by atoms with Gasteiger partial charge in [0, 0.05) is 26.2 Å². The van der Waals surface area contributed by atoms with Crippen LogP contribution in [0.1, 0.15) is 43.7 Å². The zero-order chi connectivity index (χ0) is 17.7. The summed E-state index contributed by atoms with van der Waals surface area (Å²) in [6, 6.07) is 8.41. The normalized spacial score (nSPS) is 21.6. The largest absolute Gasteiger partial charge is 0.379 e. The molecular weight excluding hydrogens is 300 g/mol. The number of hydrogen-bond donors (Lipinski definition) is 1. The Morgan fingerprint density at radius 1 is 1.38 bits per heavy atom. The number of carbonyl (C=O) groups is 1. The van der Waals surface area contributed by atoms with Gasteiger partial charge in [-0.1, -0.05) is 44.2 Å². The van der Waals surface area contributed by atoms with Crippen molar-refractivity contribution in [2.24, 2.45) is 0 Å². The number of benzene rings is 1. The van der Waals surface area contributed by atoms with Crippen LogP contribution < -0.4 is 0 Å². The summed E-state index contributed by atoms with van der Waals surface area (Å²) in [4.78, 5) is 16.5. The third kappa shape index (κ3) is 4.46. The Labute approximate surface area is 145 Å². The van der Waals surface area contributed by atoms with E-state index in [9.17, 15) is 9.90 Å². The summed E-state index contributed by atoms with van der Waals surface area (Å²) in [6.07, 6.45) is 3.13. The van der Waals surface area contributed by atoms with E-state index in [1.54, 1.807) is 11.0 Å². The Hall–Kier alpha value is -1.65. The lowest BCUT2D eigenvalue weighted by molar-refractivity contribution is -0.159. The zero-order valence-corrected chi connectivity index (χ0v) is 15.2. The Morgan fingerprint density at radius 2 is 2.04 bits per heavy atom. The maximum atomic E-state index is 12.8. The second-order valence-corrected chi connectivity index (χ2v) is 7.24. The lowest BCUT2D eigenvalue weighted by Crippen LogP contribution is -2.57. The van der Waals surface area contributed by atoms with E-state index in [1.807, 2.05) is 11.9 Å². The van der Waals surface area contributed by atoms with E-state index in [-0.39, 0.29) is 5.91 Å². The molecule has 0 saturated carbocycles. The molecule has 1 saturated heterocycles. The lowest BCUT2D eigenvalue weighted by atomic mass is 9.90. The molecule has 2 rings (SSSR count). The van der Waals surface area contributed by atoms with Crippen LogP contribution in [0.2, 0.25) is 0 Å². The minimum Gasteiger partial charge on any atom is -0.379 e. The topological polar surface area (TPSA) is 43.8 Å². The molecule has 1 aromatic carbocycles. The van der Waals surface area contributed by atoms with Gasteiger partial charge in [0.25, 0.3) is 5.91 Å². The second kappa shape index (κ2) is 7.95. The summed E-state index contributed by atoms with van der Waals surface area (Å²) in [5, 5.41) is 10.8. The average Bonchev–Trinajstić information content (AvgIpc) is 2.52. The molecule has 1 fully saturated rings. The van der Waals surface area contributed by atoms with Gasteiger partial charge in [-0.3, -0.25) is 9.69 Å². The van der Waals surface area contributed by atoms with E-state index in [1.165, 1.54) is 5.56 Å². The molecule has 1 N–H and O–H groups in total. The number of nitrogens with zero attached hydrogens (tertiary/aromatic N) is 2. The first-order valence-electron chi connectivity index (χ1n) is 8.76. The summed E-state index contributed by atoms with van der Waals surface area (Å²) in [6.45, 7) is 10.3. The van der Waals surface area contributed by atoms with Crippen molar-refractivity contribution in [3.8, 4) is 0 Å². The van der Waals surface area contributed by atoms with Crippen molar-refractivity contribution in [2.45, 2.75) is 44.8 Å². The molecule has 0 aromatic heterocycles. The van der Waals surface area contributed by atoms with Gasteiger partial charge >= 0.3 is 0 Å². The van der Waals surface area contributed by atoms with Gasteiger partial charge in [-0.2, -0.15) is 0 Å². The molecule has 1 amide bonds. The number of piperidine rings is 1. The van der Waals surface area contributed by atoms with Crippen molar-refractivity contribution < 1.29 is 9.90 Å². The molecule has 0 radical (unpaired) electrons. The highest BCUT2D eigenvalue weighted by molar-refractivity contribution is 5.86. The summed E-state index contributed by atoms with van der Waals surface area (Å²) >= 11 is 0. The molecule has 1 aromatic rings. The molecule has 0 aliphatic carbocycles. The molecule has 0 bridgehead atoms. The van der Waals surface area contributed by atoms with Gasteiger partial charge in [0.2, 0.25) is 0 Å². The fourth-order valence-corrected chi connectivity index (χ4v) is 3.32. The van der Waals surface area contributed by atoms with Gasteiger partial charge in [-0.05, 0) is 36.9 Å². The van der Waals surface area contributed by atoms with Gasteiger partial charge in [-0.15, -0.1) is 6.58 Å². The molecule has 24 heavy (non-hydrogen) atoms. The van der Waals surface area contributed by atoms with Crippen molar-refractivity contribution in [1.82, 2.24) is 9.80 Å². The first kappa shape index (κ1) is 18.7. The monoisotopic (exact) mass is 330 g/mol. The predicted octanol–water partition coefficient (Wildman–Crippen LogP) is 2.78. The fourth-order valence-electron chi connectivity index (χ4n) is 3.32. The van der Waals surface area contributed by atoms with Crippen LogP contribution in [0.3, 0.4) is 0 Å². The SMILES string of the molecule is C=CCN(C)C[C@@]1(O)CCCN(Cc2ccc(C(C)C)cc2)C1=O. The lowest BCUT2D eigenvalue weighted by Gasteiger charge is -2.40. The average molecular weight is 330 g/mol. The molecule has 1 aliphatic rings. The summed E-state index contributed by atoms with van der Waals surface area (Å²) in [5.74, 6) is 0.346. The zero-order valence-electron chi connectivity index (χ0n) is 15.2. The maximum absolute atomic E-state index is 12.8. The van der Waals surface area contributed by atoms with Crippen molar-refractivity contribution in [2.75, 3.05) is 26.7 Å². The van der Waals surface area contributed by atoms with E-state index >= 15 is 0 Å². The van der Waals surface area contributed by atoms with Gasteiger partial charge < -0.3 is 10.0 Å². The second-order valence-electron chi connectivity index (χ2n) is 7.24. The van der Waals surface area contributed by atoms with Gasteiger partial charge in [0.1, 0.15) is 0 Å². The number of amides is 1. The van der Waals surface area contributed by atoms with Crippen molar-refractivity contribution >= 4 is 5.91 Å². The van der Waals surface area contributed by atoms with Crippen LogP contribution in [0.15, 0.2) is 36.9 Å². The Bertz CT molecular complexity index is 568. The summed E-state index contributed by atoms with van der Waals surface area (Å²) in [5.41, 5.74) is 1.12. The molecule has 1 heterocycles. The third-order valence-electron chi connectivity index (χ3n) is 4.70. The molecule has 132 valence electrons. The van der Waals surface area contributed by atoms with Crippen LogP contribution in [0.25, 0.3) is 0 Å². The van der Waals surface area contributed by atoms with E-state index in [0.717, 1.165) is 12.0 Å². The van der Waals surface area contributed by atoms with Crippen LogP contribution in [0.4, 0.5) is 0 Å². The molecule has 0 spiro atoms. The van der Waals surface area contributed by atoms with E-state index in [0.29, 0.717) is 38.5 Å². The standard InChI is InChI=1S/C20H30N2O2/c1-5-12-21(4)15-20(24)11-6-13-22(19(20)23)14-17-7-9-18(10-8-17)16(2)3/h5,7-10,16,24H,1,6,11-15H2,2-4H3/t20-/m0/s1. The van der Waals surface area contributed by atoms with E-state index in [2.05, 4.69) is 44.7 Å². The molecule has 4 nitrogen and oxygen atoms in total. The Kier molecular flexibility index (Phi) is 6.19. The van der Waals surface area contributed by atoms with E-state index in [4.69, 9.17) is 0 Å². The molecule has 4 heteroatoms. The molecular formula is C20H30N2O2. The number of rotatable bonds is 7. The number of hydrogen-bond acceptors (Lipinski definition) is 3. The Morgan fingerprint density at radius 3 is 2.62 bits per heavy atom. The van der Waals surface area contributed by atoms with E-state index < -0.39 is 5.60 Å². The minimum atomic E-state index is -1.28. The van der Waals surface area contributed by atoms with Crippen LogP contribution in [0.5, 0.6) is 0 Å². The number of likely N-dealkylation sites (tertiary alicyclic amines) is 1. The highest BCUT2D eigenvalue weighted by Crippen LogP contribution is 2.25. The predicted molar refractivity (Wildman–Crippen MR) is 97.8 cm³/mol. The highest BCUT2D eigenvalue weighted by Gasteiger charge is 2.42. The van der Waals surface area contributed by atoms with Crippen LogP contribution >= 0.6 is 0 Å². The number of carbonyl (C=O) groups excluding carboxylic acids is 1. The van der Waals surface area contributed by atoms with Crippen LogP contribution in [-0.2, 0) is 11.3 Å². The summed E-state index contributed by atoms with van der Waals surface area (Å²) < 4.78 is 0. The highest BCUT2D eigenvalue weighted by atomic mass is 16.3. The van der Waals surface area contributed by atoms with Gasteiger partial charge in [0.15, 0.2) is 5.60 Å². The first-order valence-corrected chi connectivity index (χ1v) is 8.76. The first-order chi connectivity index (χ1) is 11.4. The van der Waals surface area contributed by atoms with Crippen LogP contribution in [0, 0.1) is 0 Å². The quantitative estimate of drug-likeness (QED) is 0.782. The molecule has 1 aliphatic heterocycles. The van der Waals surface area contributed by atoms with Gasteiger partial charge in [-0.25, -0.2) is 0 Å². The number of aliphatic hydroxyl groups is 1. The fraction of sp³-hybridized carbons (Fsp3) is 0.550. The smallest absolute Gasteiger partial charge is 0.256 e. The van der Waals surface area contributed by atoms with Crippen LogP contribution in [-0.4, -0.2) is 53.1 Å². The van der Waals surface area contributed by atoms with Crippen molar-refractivity contribution in [3.63, 3.8) is 0 Å². The summed E-state index contributed by atoms with van der Waals surface area (Å²) in [7, 11) is 1.90. The number of likely N-dealkylation sites (N-methyl/N-ethyl adjacent to an activating group) is 1. The minimum absolute atomic E-state index is 0.155. The van der Waals surface area contributed by atoms with Crippen molar-refractivity contribution in [3.05, 3.63) is 48.0 Å². The molecule has 0 unspecified atom stereocenters.